The highest BCUT2D eigenvalue weighted by molar-refractivity contribution is 5.83. The Bertz CT molecular complexity index is 916. The predicted molar refractivity (Wildman–Crippen MR) is 96.4 cm³/mol. The standard InChI is InChI=1S/C20H21N3/c1-6-17-7-8-18(15(5)22-17)14(4)16-9-10-23-20(11-16)19(12-21-23)13(2)3/h7-12H,2,4,6H2,1,3,5H3. The molecule has 0 fully saturated rings. The van der Waals surface area contributed by atoms with Gasteiger partial charge in [-0.3, -0.25) is 4.98 Å². The first-order valence-corrected chi connectivity index (χ1v) is 7.80. The Hall–Kier alpha value is -2.68. The molecule has 23 heavy (non-hydrogen) atoms. The molecule has 0 bridgehead atoms. The number of pyridine rings is 2. The molecule has 0 radical (unpaired) electrons. The molecule has 3 aromatic rings. The van der Waals surface area contributed by atoms with Gasteiger partial charge in [0.15, 0.2) is 0 Å². The van der Waals surface area contributed by atoms with E-state index in [1.807, 2.05) is 36.8 Å². The van der Waals surface area contributed by atoms with Crippen LogP contribution in [0.2, 0.25) is 0 Å². The maximum absolute atomic E-state index is 4.64. The summed E-state index contributed by atoms with van der Waals surface area (Å²) in [4.78, 5) is 4.64. The van der Waals surface area contributed by atoms with Gasteiger partial charge in [0.1, 0.15) is 0 Å². The smallest absolute Gasteiger partial charge is 0.0742 e. The summed E-state index contributed by atoms with van der Waals surface area (Å²) in [6.45, 7) is 14.5. The van der Waals surface area contributed by atoms with E-state index in [4.69, 9.17) is 0 Å². The Labute approximate surface area is 137 Å². The molecule has 3 heteroatoms. The van der Waals surface area contributed by atoms with Crippen molar-refractivity contribution < 1.29 is 0 Å². The summed E-state index contributed by atoms with van der Waals surface area (Å²) >= 11 is 0. The number of allylic oxidation sites excluding steroid dienone is 1. The molecular weight excluding hydrogens is 282 g/mol. The number of aromatic nitrogens is 3. The van der Waals surface area contributed by atoms with Crippen molar-refractivity contribution in [1.82, 2.24) is 14.6 Å². The van der Waals surface area contributed by atoms with Crippen LogP contribution in [0.1, 0.15) is 41.9 Å². The first-order valence-electron chi connectivity index (χ1n) is 7.80. The van der Waals surface area contributed by atoms with E-state index < -0.39 is 0 Å². The number of hydrogen-bond acceptors (Lipinski definition) is 2. The Morgan fingerprint density at radius 2 is 1.96 bits per heavy atom. The van der Waals surface area contributed by atoms with Gasteiger partial charge in [0.25, 0.3) is 0 Å². The molecular formula is C20H21N3. The molecule has 0 aliphatic carbocycles. The quantitative estimate of drug-likeness (QED) is 0.699. The molecule has 0 aliphatic heterocycles. The molecule has 0 aromatic carbocycles. The minimum absolute atomic E-state index is 0.942. The lowest BCUT2D eigenvalue weighted by atomic mass is 9.98. The molecule has 0 saturated heterocycles. The van der Waals surface area contributed by atoms with Crippen molar-refractivity contribution in [3.8, 4) is 0 Å². The van der Waals surface area contributed by atoms with Crippen LogP contribution in [0.5, 0.6) is 0 Å². The number of rotatable bonds is 4. The third kappa shape index (κ3) is 2.70. The van der Waals surface area contributed by atoms with Crippen molar-refractivity contribution in [1.29, 1.82) is 0 Å². The Balaban J connectivity index is 2.07. The summed E-state index contributed by atoms with van der Waals surface area (Å²) < 4.78 is 1.87. The van der Waals surface area contributed by atoms with Gasteiger partial charge in [-0.15, -0.1) is 0 Å². The molecule has 3 heterocycles. The summed E-state index contributed by atoms with van der Waals surface area (Å²) in [5.41, 5.74) is 8.39. The Morgan fingerprint density at radius 1 is 1.17 bits per heavy atom. The second-order valence-electron chi connectivity index (χ2n) is 5.85. The Kier molecular flexibility index (Phi) is 3.87. The lowest BCUT2D eigenvalue weighted by Crippen LogP contribution is -1.97. The molecule has 0 N–H and O–H groups in total. The van der Waals surface area contributed by atoms with Gasteiger partial charge in [-0.05, 0) is 55.2 Å². The zero-order chi connectivity index (χ0) is 16.6. The van der Waals surface area contributed by atoms with Crippen molar-refractivity contribution in [2.45, 2.75) is 27.2 Å². The maximum Gasteiger partial charge on any atom is 0.0742 e. The van der Waals surface area contributed by atoms with Gasteiger partial charge < -0.3 is 0 Å². The molecule has 0 aliphatic rings. The molecule has 3 aromatic heterocycles. The van der Waals surface area contributed by atoms with E-state index in [9.17, 15) is 0 Å². The van der Waals surface area contributed by atoms with Gasteiger partial charge >= 0.3 is 0 Å². The van der Waals surface area contributed by atoms with Gasteiger partial charge in [-0.25, -0.2) is 4.52 Å². The van der Waals surface area contributed by atoms with E-state index >= 15 is 0 Å². The monoisotopic (exact) mass is 303 g/mol. The van der Waals surface area contributed by atoms with E-state index in [2.05, 4.69) is 48.4 Å². The summed E-state index contributed by atoms with van der Waals surface area (Å²) in [7, 11) is 0. The third-order valence-electron chi connectivity index (χ3n) is 4.16. The molecule has 0 saturated carbocycles. The average molecular weight is 303 g/mol. The maximum atomic E-state index is 4.64. The lowest BCUT2D eigenvalue weighted by molar-refractivity contribution is 0.960. The van der Waals surface area contributed by atoms with Crippen LogP contribution in [0.4, 0.5) is 0 Å². The van der Waals surface area contributed by atoms with E-state index in [0.717, 1.165) is 51.2 Å². The highest BCUT2D eigenvalue weighted by atomic mass is 15.2. The number of nitrogens with zero attached hydrogens (tertiary/aromatic N) is 3. The molecule has 116 valence electrons. The van der Waals surface area contributed by atoms with Gasteiger partial charge in [0, 0.05) is 28.7 Å². The van der Waals surface area contributed by atoms with Gasteiger partial charge in [0.05, 0.1) is 11.7 Å². The van der Waals surface area contributed by atoms with Crippen LogP contribution in [0.15, 0.2) is 49.8 Å². The second kappa shape index (κ2) is 5.84. The topological polar surface area (TPSA) is 30.2 Å². The van der Waals surface area contributed by atoms with Gasteiger partial charge in [-0.1, -0.05) is 26.1 Å². The fourth-order valence-electron chi connectivity index (χ4n) is 2.78. The summed E-state index contributed by atoms with van der Waals surface area (Å²) in [6, 6.07) is 8.35. The highest BCUT2D eigenvalue weighted by Gasteiger charge is 2.10. The van der Waals surface area contributed by atoms with Crippen LogP contribution < -0.4 is 0 Å². The number of hydrogen-bond donors (Lipinski definition) is 0. The Morgan fingerprint density at radius 3 is 2.61 bits per heavy atom. The van der Waals surface area contributed by atoms with Crippen molar-refractivity contribution in [3.63, 3.8) is 0 Å². The van der Waals surface area contributed by atoms with Crippen molar-refractivity contribution >= 4 is 16.7 Å². The lowest BCUT2D eigenvalue weighted by Gasteiger charge is -2.11. The summed E-state index contributed by atoms with van der Waals surface area (Å²) in [5, 5.41) is 4.37. The van der Waals surface area contributed by atoms with Crippen LogP contribution in [-0.2, 0) is 6.42 Å². The van der Waals surface area contributed by atoms with Gasteiger partial charge in [-0.2, -0.15) is 5.10 Å². The van der Waals surface area contributed by atoms with Crippen molar-refractivity contribution in [2.24, 2.45) is 0 Å². The molecule has 3 nitrogen and oxygen atoms in total. The summed E-state index contributed by atoms with van der Waals surface area (Å²) in [5.74, 6) is 0. The normalized spacial score (nSPS) is 10.9. The zero-order valence-corrected chi connectivity index (χ0v) is 13.9. The van der Waals surface area contributed by atoms with Crippen LogP contribution in [0.3, 0.4) is 0 Å². The minimum atomic E-state index is 0.942. The molecule has 0 unspecified atom stereocenters. The molecule has 0 amide bonds. The first kappa shape index (κ1) is 15.2. The zero-order valence-electron chi connectivity index (χ0n) is 13.9. The fourth-order valence-corrected chi connectivity index (χ4v) is 2.78. The second-order valence-corrected chi connectivity index (χ2v) is 5.85. The minimum Gasteiger partial charge on any atom is -0.258 e. The van der Waals surface area contributed by atoms with Crippen LogP contribution in [-0.4, -0.2) is 14.6 Å². The van der Waals surface area contributed by atoms with Crippen LogP contribution in [0, 0.1) is 6.92 Å². The average Bonchev–Trinajstić information content (AvgIpc) is 2.97. The number of fused-ring (bicyclic) bond motifs is 1. The number of aryl methyl sites for hydroxylation is 2. The highest BCUT2D eigenvalue weighted by Crippen LogP contribution is 2.27. The van der Waals surface area contributed by atoms with E-state index in [1.54, 1.807) is 0 Å². The van der Waals surface area contributed by atoms with Gasteiger partial charge in [0.2, 0.25) is 0 Å². The summed E-state index contributed by atoms with van der Waals surface area (Å²) in [6.07, 6.45) is 4.76. The van der Waals surface area contributed by atoms with Crippen LogP contribution >= 0.6 is 0 Å². The molecule has 3 rings (SSSR count). The SMILES string of the molecule is C=C(c1ccn2ncc(C(=C)C)c2c1)c1ccc(CC)nc1C. The van der Waals surface area contributed by atoms with E-state index in [0.29, 0.717) is 0 Å². The predicted octanol–water partition coefficient (Wildman–Crippen LogP) is 4.69. The largest absolute Gasteiger partial charge is 0.258 e. The third-order valence-corrected chi connectivity index (χ3v) is 4.16. The fraction of sp³-hybridized carbons (Fsp3) is 0.200. The van der Waals surface area contributed by atoms with E-state index in [1.165, 1.54) is 0 Å². The molecule has 0 atom stereocenters. The first-order chi connectivity index (χ1) is 11.0. The van der Waals surface area contributed by atoms with Crippen molar-refractivity contribution in [2.75, 3.05) is 0 Å². The molecule has 0 spiro atoms. The van der Waals surface area contributed by atoms with Crippen LogP contribution in [0.25, 0.3) is 16.7 Å². The van der Waals surface area contributed by atoms with Crippen molar-refractivity contribution in [3.05, 3.63) is 77.9 Å². The van der Waals surface area contributed by atoms with E-state index in [-0.39, 0.29) is 0 Å².